The number of rotatable bonds is 5. The number of fused-ring (bicyclic) bond motifs is 1. The standard InChI is InChI=1S/C20H19BrN2O/c1-14(12-15-7-9-18(21)10-8-15)23-19(24)13-17-5-2-4-16-6-3-11-22-20(16)17/h2-11,14H,12-13H2,1H3,(H,23,24). The molecule has 1 aromatic heterocycles. The summed E-state index contributed by atoms with van der Waals surface area (Å²) in [6.45, 7) is 2.03. The third-order valence-corrected chi connectivity index (χ3v) is 4.46. The highest BCUT2D eigenvalue weighted by Gasteiger charge is 2.11. The molecule has 0 aliphatic rings. The zero-order valence-corrected chi connectivity index (χ0v) is 15.1. The van der Waals surface area contributed by atoms with Gasteiger partial charge in [0.15, 0.2) is 0 Å². The number of carbonyl (C=O) groups excluding carboxylic acids is 1. The summed E-state index contributed by atoms with van der Waals surface area (Å²) in [5, 5.41) is 4.14. The van der Waals surface area contributed by atoms with Crippen LogP contribution in [0.4, 0.5) is 0 Å². The van der Waals surface area contributed by atoms with Crippen LogP contribution in [-0.2, 0) is 17.6 Å². The summed E-state index contributed by atoms with van der Waals surface area (Å²) in [5.74, 6) is 0.0257. The topological polar surface area (TPSA) is 42.0 Å². The fraction of sp³-hybridized carbons (Fsp3) is 0.200. The number of halogens is 1. The summed E-state index contributed by atoms with van der Waals surface area (Å²) < 4.78 is 1.06. The van der Waals surface area contributed by atoms with E-state index < -0.39 is 0 Å². The van der Waals surface area contributed by atoms with Gasteiger partial charge in [0.1, 0.15) is 0 Å². The van der Waals surface area contributed by atoms with Crippen LogP contribution < -0.4 is 5.32 Å². The fourth-order valence-corrected chi connectivity index (χ4v) is 3.10. The number of hydrogen-bond donors (Lipinski definition) is 1. The van der Waals surface area contributed by atoms with Crippen molar-refractivity contribution in [2.45, 2.75) is 25.8 Å². The highest BCUT2D eigenvalue weighted by atomic mass is 79.9. The fourth-order valence-electron chi connectivity index (χ4n) is 2.83. The van der Waals surface area contributed by atoms with Gasteiger partial charge in [-0.3, -0.25) is 9.78 Å². The Morgan fingerprint density at radius 3 is 2.67 bits per heavy atom. The monoisotopic (exact) mass is 382 g/mol. The van der Waals surface area contributed by atoms with Gasteiger partial charge in [-0.05, 0) is 42.7 Å². The molecule has 3 aromatic rings. The Kier molecular flexibility index (Phi) is 5.26. The van der Waals surface area contributed by atoms with E-state index in [9.17, 15) is 4.79 Å². The van der Waals surface area contributed by atoms with E-state index in [0.717, 1.165) is 27.4 Å². The van der Waals surface area contributed by atoms with Crippen LogP contribution in [0.5, 0.6) is 0 Å². The maximum absolute atomic E-state index is 12.4. The van der Waals surface area contributed by atoms with Gasteiger partial charge in [0, 0.05) is 22.1 Å². The second-order valence-electron chi connectivity index (χ2n) is 5.97. The van der Waals surface area contributed by atoms with E-state index in [1.165, 1.54) is 5.56 Å². The van der Waals surface area contributed by atoms with Crippen LogP contribution in [-0.4, -0.2) is 16.9 Å². The van der Waals surface area contributed by atoms with Crippen LogP contribution in [0.3, 0.4) is 0 Å². The Balaban J connectivity index is 1.63. The molecule has 1 heterocycles. The molecule has 4 heteroatoms. The van der Waals surface area contributed by atoms with E-state index in [1.807, 2.05) is 49.4 Å². The number of hydrogen-bond acceptors (Lipinski definition) is 2. The number of carbonyl (C=O) groups is 1. The molecule has 0 bridgehead atoms. The van der Waals surface area contributed by atoms with Crippen molar-refractivity contribution in [3.05, 3.63) is 76.4 Å². The molecule has 0 spiro atoms. The molecule has 1 unspecified atom stereocenters. The molecule has 1 N–H and O–H groups in total. The SMILES string of the molecule is CC(Cc1ccc(Br)cc1)NC(=O)Cc1cccc2cccnc12. The molecule has 3 rings (SSSR count). The molecule has 2 aromatic carbocycles. The number of para-hydroxylation sites is 1. The van der Waals surface area contributed by atoms with Crippen molar-refractivity contribution < 1.29 is 4.79 Å². The lowest BCUT2D eigenvalue weighted by atomic mass is 10.0. The maximum atomic E-state index is 12.4. The van der Waals surface area contributed by atoms with Gasteiger partial charge in [-0.25, -0.2) is 0 Å². The molecule has 0 fully saturated rings. The zero-order valence-electron chi connectivity index (χ0n) is 13.5. The summed E-state index contributed by atoms with van der Waals surface area (Å²) in [6.07, 6.45) is 2.92. The van der Waals surface area contributed by atoms with Gasteiger partial charge in [-0.2, -0.15) is 0 Å². The van der Waals surface area contributed by atoms with Crippen LogP contribution in [0.2, 0.25) is 0 Å². The van der Waals surface area contributed by atoms with Gasteiger partial charge >= 0.3 is 0 Å². The lowest BCUT2D eigenvalue weighted by Gasteiger charge is -2.14. The summed E-state index contributed by atoms with van der Waals surface area (Å²) in [5.41, 5.74) is 3.06. The van der Waals surface area contributed by atoms with Crippen LogP contribution in [0.15, 0.2) is 65.3 Å². The number of nitrogens with one attached hydrogen (secondary N) is 1. The second kappa shape index (κ2) is 7.58. The van der Waals surface area contributed by atoms with Gasteiger partial charge in [-0.15, -0.1) is 0 Å². The molecule has 0 radical (unpaired) electrons. The first kappa shape index (κ1) is 16.7. The minimum absolute atomic E-state index is 0.0257. The van der Waals surface area contributed by atoms with Crippen LogP contribution in [0.1, 0.15) is 18.1 Å². The van der Waals surface area contributed by atoms with Crippen molar-refractivity contribution in [2.75, 3.05) is 0 Å². The molecule has 0 saturated carbocycles. The second-order valence-corrected chi connectivity index (χ2v) is 6.88. The first-order chi connectivity index (χ1) is 11.6. The minimum Gasteiger partial charge on any atom is -0.353 e. The predicted molar refractivity (Wildman–Crippen MR) is 101 cm³/mol. The van der Waals surface area contributed by atoms with E-state index in [0.29, 0.717) is 6.42 Å². The minimum atomic E-state index is 0.0257. The van der Waals surface area contributed by atoms with Crippen molar-refractivity contribution in [1.29, 1.82) is 0 Å². The Labute approximate surface area is 150 Å². The largest absolute Gasteiger partial charge is 0.353 e. The number of amides is 1. The van der Waals surface area contributed by atoms with Gasteiger partial charge < -0.3 is 5.32 Å². The van der Waals surface area contributed by atoms with Gasteiger partial charge in [0.25, 0.3) is 0 Å². The van der Waals surface area contributed by atoms with E-state index in [4.69, 9.17) is 0 Å². The third kappa shape index (κ3) is 4.20. The zero-order chi connectivity index (χ0) is 16.9. The van der Waals surface area contributed by atoms with Crippen molar-refractivity contribution >= 4 is 32.7 Å². The predicted octanol–water partition coefficient (Wildman–Crippen LogP) is 4.29. The number of nitrogens with zero attached hydrogens (tertiary/aromatic N) is 1. The highest BCUT2D eigenvalue weighted by Crippen LogP contribution is 2.16. The van der Waals surface area contributed by atoms with E-state index in [-0.39, 0.29) is 11.9 Å². The highest BCUT2D eigenvalue weighted by molar-refractivity contribution is 9.10. The number of aromatic nitrogens is 1. The quantitative estimate of drug-likeness (QED) is 0.714. The number of benzene rings is 2. The molecule has 0 aliphatic heterocycles. The lowest BCUT2D eigenvalue weighted by molar-refractivity contribution is -0.121. The molecule has 3 nitrogen and oxygen atoms in total. The maximum Gasteiger partial charge on any atom is 0.224 e. The van der Waals surface area contributed by atoms with Gasteiger partial charge in [0.05, 0.1) is 11.9 Å². The molecule has 1 atom stereocenters. The third-order valence-electron chi connectivity index (χ3n) is 3.93. The molecule has 0 aliphatic carbocycles. The average molecular weight is 383 g/mol. The molecule has 122 valence electrons. The normalized spacial score (nSPS) is 12.1. The first-order valence-electron chi connectivity index (χ1n) is 7.98. The molecule has 1 amide bonds. The average Bonchev–Trinajstić information content (AvgIpc) is 2.57. The van der Waals surface area contributed by atoms with Crippen molar-refractivity contribution in [3.63, 3.8) is 0 Å². The first-order valence-corrected chi connectivity index (χ1v) is 8.77. The van der Waals surface area contributed by atoms with Gasteiger partial charge in [-0.1, -0.05) is 52.3 Å². The van der Waals surface area contributed by atoms with Crippen LogP contribution >= 0.6 is 15.9 Å². The summed E-state index contributed by atoms with van der Waals surface area (Å²) in [6, 6.07) is 18.1. The lowest BCUT2D eigenvalue weighted by Crippen LogP contribution is -2.35. The molecular formula is C20H19BrN2O. The van der Waals surface area contributed by atoms with Gasteiger partial charge in [0.2, 0.25) is 5.91 Å². The molecular weight excluding hydrogens is 364 g/mol. The van der Waals surface area contributed by atoms with Crippen molar-refractivity contribution in [1.82, 2.24) is 10.3 Å². The smallest absolute Gasteiger partial charge is 0.224 e. The Morgan fingerprint density at radius 1 is 1.12 bits per heavy atom. The summed E-state index contributed by atoms with van der Waals surface area (Å²) >= 11 is 3.43. The van der Waals surface area contributed by atoms with Crippen LogP contribution in [0.25, 0.3) is 10.9 Å². The summed E-state index contributed by atoms with van der Waals surface area (Å²) in [4.78, 5) is 16.8. The Hall–Kier alpha value is -2.20. The van der Waals surface area contributed by atoms with E-state index >= 15 is 0 Å². The van der Waals surface area contributed by atoms with Crippen molar-refractivity contribution in [2.24, 2.45) is 0 Å². The Morgan fingerprint density at radius 2 is 1.88 bits per heavy atom. The van der Waals surface area contributed by atoms with E-state index in [2.05, 4.69) is 38.4 Å². The molecule has 0 saturated heterocycles. The Bertz CT molecular complexity index is 840. The van der Waals surface area contributed by atoms with Crippen molar-refractivity contribution in [3.8, 4) is 0 Å². The summed E-state index contributed by atoms with van der Waals surface area (Å²) in [7, 11) is 0. The van der Waals surface area contributed by atoms with E-state index in [1.54, 1.807) is 6.20 Å². The van der Waals surface area contributed by atoms with Crippen LogP contribution in [0, 0.1) is 0 Å². The molecule has 24 heavy (non-hydrogen) atoms. The number of pyridine rings is 1.